The zero-order valence-corrected chi connectivity index (χ0v) is 19.3. The lowest BCUT2D eigenvalue weighted by Gasteiger charge is -2.23. The number of nitrogens with zero attached hydrogens (tertiary/aromatic N) is 1. The average Bonchev–Trinajstić information content (AvgIpc) is 2.75. The van der Waals surface area contributed by atoms with Crippen molar-refractivity contribution in [2.24, 2.45) is 0 Å². The van der Waals surface area contributed by atoms with E-state index in [1.807, 2.05) is 19.1 Å². The number of sulfonamides is 1. The number of carbonyl (C=O) groups is 1. The van der Waals surface area contributed by atoms with Gasteiger partial charge in [-0.1, -0.05) is 40.9 Å². The minimum absolute atomic E-state index is 0.0226. The van der Waals surface area contributed by atoms with Crippen LogP contribution in [0.2, 0.25) is 10.0 Å². The smallest absolute Gasteiger partial charge is 0.308 e. The number of urea groups is 1. The molecule has 0 fully saturated rings. The third-order valence-corrected chi connectivity index (χ3v) is 6.67. The Morgan fingerprint density at radius 1 is 1.00 bits per heavy atom. The highest BCUT2D eigenvalue weighted by atomic mass is 35.5. The van der Waals surface area contributed by atoms with Crippen LogP contribution in [0.1, 0.15) is 5.56 Å². The fourth-order valence-corrected chi connectivity index (χ4v) is 4.63. The van der Waals surface area contributed by atoms with Gasteiger partial charge in [0.25, 0.3) is 0 Å². The van der Waals surface area contributed by atoms with Gasteiger partial charge in [0.15, 0.2) is 0 Å². The van der Waals surface area contributed by atoms with Crippen molar-refractivity contribution in [2.45, 2.75) is 11.8 Å². The van der Waals surface area contributed by atoms with Gasteiger partial charge in [0.1, 0.15) is 10.7 Å². The number of nitrogens with one attached hydrogen (secondary N) is 2. The van der Waals surface area contributed by atoms with Crippen molar-refractivity contribution >= 4 is 50.6 Å². The fraction of sp³-hybridized carbons (Fsp3) is 0.136. The molecule has 0 aliphatic heterocycles. The molecule has 0 heterocycles. The molecule has 168 valence electrons. The zero-order valence-electron chi connectivity index (χ0n) is 17.0. The molecule has 0 atom stereocenters. The molecule has 3 aromatic rings. The minimum atomic E-state index is -3.97. The number of hydrogen-bond donors (Lipinski definition) is 2. The first-order valence-electron chi connectivity index (χ1n) is 9.51. The maximum atomic E-state index is 13.4. The second-order valence-corrected chi connectivity index (χ2v) is 9.48. The number of halogens is 3. The maximum absolute atomic E-state index is 13.4. The van der Waals surface area contributed by atoms with E-state index in [0.29, 0.717) is 11.4 Å². The number of hydrogen-bond acceptors (Lipinski definition) is 3. The van der Waals surface area contributed by atoms with E-state index in [1.54, 1.807) is 12.1 Å². The van der Waals surface area contributed by atoms with E-state index in [2.05, 4.69) is 10.0 Å². The van der Waals surface area contributed by atoms with Crippen molar-refractivity contribution in [1.82, 2.24) is 4.72 Å². The van der Waals surface area contributed by atoms with Gasteiger partial charge in [0, 0.05) is 29.5 Å². The third kappa shape index (κ3) is 6.20. The van der Waals surface area contributed by atoms with Gasteiger partial charge in [0.05, 0.1) is 5.02 Å². The topological polar surface area (TPSA) is 78.5 Å². The number of anilines is 2. The van der Waals surface area contributed by atoms with Crippen LogP contribution in [0.3, 0.4) is 0 Å². The molecule has 0 aliphatic carbocycles. The van der Waals surface area contributed by atoms with Crippen LogP contribution in [0.25, 0.3) is 0 Å². The Balaban J connectivity index is 1.76. The second kappa shape index (κ2) is 10.3. The van der Waals surface area contributed by atoms with Crippen LogP contribution < -0.4 is 14.9 Å². The Bertz CT molecular complexity index is 1200. The molecule has 0 saturated carbocycles. The molecule has 0 radical (unpaired) electrons. The highest BCUT2D eigenvalue weighted by molar-refractivity contribution is 7.89. The third-order valence-electron chi connectivity index (χ3n) is 4.50. The molecule has 0 bridgehead atoms. The first-order valence-corrected chi connectivity index (χ1v) is 11.7. The summed E-state index contributed by atoms with van der Waals surface area (Å²) in [5.41, 5.74) is 2.00. The van der Waals surface area contributed by atoms with Gasteiger partial charge in [-0.2, -0.15) is 0 Å². The first kappa shape index (κ1) is 24.0. The van der Waals surface area contributed by atoms with E-state index in [4.69, 9.17) is 23.2 Å². The quantitative estimate of drug-likeness (QED) is 0.456. The van der Waals surface area contributed by atoms with Crippen LogP contribution in [0, 0.1) is 12.7 Å². The van der Waals surface area contributed by atoms with Crippen molar-refractivity contribution < 1.29 is 17.6 Å². The normalized spacial score (nSPS) is 11.2. The summed E-state index contributed by atoms with van der Waals surface area (Å²) < 4.78 is 41.1. The first-order chi connectivity index (χ1) is 15.2. The molecular formula is C22H20Cl2FN3O3S. The van der Waals surface area contributed by atoms with Crippen molar-refractivity contribution in [1.29, 1.82) is 0 Å². The molecule has 32 heavy (non-hydrogen) atoms. The van der Waals surface area contributed by atoms with Gasteiger partial charge < -0.3 is 5.32 Å². The Labute approximate surface area is 196 Å². The van der Waals surface area contributed by atoms with E-state index >= 15 is 0 Å². The van der Waals surface area contributed by atoms with E-state index in [0.717, 1.165) is 5.56 Å². The molecule has 0 spiro atoms. The number of rotatable bonds is 7. The molecule has 0 saturated heterocycles. The van der Waals surface area contributed by atoms with E-state index < -0.39 is 21.9 Å². The summed E-state index contributed by atoms with van der Waals surface area (Å²) in [7, 11) is -3.97. The number of aryl methyl sites for hydroxylation is 1. The Morgan fingerprint density at radius 2 is 1.66 bits per heavy atom. The summed E-state index contributed by atoms with van der Waals surface area (Å²) in [5, 5.41) is 3.00. The van der Waals surface area contributed by atoms with Crippen LogP contribution in [0.5, 0.6) is 0 Å². The molecule has 0 unspecified atom stereocenters. The molecule has 3 rings (SSSR count). The molecule has 2 amide bonds. The molecule has 10 heteroatoms. The minimum Gasteiger partial charge on any atom is -0.308 e. The highest BCUT2D eigenvalue weighted by Gasteiger charge is 2.21. The maximum Gasteiger partial charge on any atom is 0.326 e. The highest BCUT2D eigenvalue weighted by Crippen LogP contribution is 2.25. The van der Waals surface area contributed by atoms with E-state index in [9.17, 15) is 17.6 Å². The van der Waals surface area contributed by atoms with E-state index in [1.165, 1.54) is 47.4 Å². The summed E-state index contributed by atoms with van der Waals surface area (Å²) >= 11 is 11.9. The average molecular weight is 496 g/mol. The SMILES string of the molecule is Cc1ccc(NC(=O)N(CCNS(=O)(=O)c2cc(Cl)ccc2Cl)c2ccc(F)cc2)cc1. The van der Waals surface area contributed by atoms with Gasteiger partial charge in [-0.3, -0.25) is 4.90 Å². The lowest BCUT2D eigenvalue weighted by Crippen LogP contribution is -2.41. The van der Waals surface area contributed by atoms with Crippen LogP contribution in [0.15, 0.2) is 71.6 Å². The molecule has 3 aromatic carbocycles. The fourth-order valence-electron chi connectivity index (χ4n) is 2.85. The van der Waals surface area contributed by atoms with Crippen LogP contribution in [0.4, 0.5) is 20.6 Å². The second-order valence-electron chi connectivity index (χ2n) is 6.90. The van der Waals surface area contributed by atoms with Crippen molar-refractivity contribution in [2.75, 3.05) is 23.3 Å². The Kier molecular flexibility index (Phi) is 7.73. The molecule has 6 nitrogen and oxygen atoms in total. The van der Waals surface area contributed by atoms with Crippen LogP contribution in [-0.2, 0) is 10.0 Å². The predicted molar refractivity (Wildman–Crippen MR) is 126 cm³/mol. The van der Waals surface area contributed by atoms with Gasteiger partial charge in [0.2, 0.25) is 10.0 Å². The molecule has 2 N–H and O–H groups in total. The van der Waals surface area contributed by atoms with Crippen molar-refractivity contribution in [3.63, 3.8) is 0 Å². The predicted octanol–water partition coefficient (Wildman–Crippen LogP) is 5.46. The summed E-state index contributed by atoms with van der Waals surface area (Å²) in [6.07, 6.45) is 0. The van der Waals surface area contributed by atoms with Crippen molar-refractivity contribution in [3.8, 4) is 0 Å². The summed E-state index contributed by atoms with van der Waals surface area (Å²) in [5.74, 6) is -0.455. The number of benzene rings is 3. The largest absolute Gasteiger partial charge is 0.326 e. The summed E-state index contributed by atoms with van der Waals surface area (Å²) in [4.78, 5) is 14.1. The molecule has 0 aliphatic rings. The van der Waals surface area contributed by atoms with E-state index in [-0.39, 0.29) is 28.0 Å². The standard InChI is InChI=1S/C22H20Cl2FN3O3S/c1-15-2-7-18(8-3-15)27-22(29)28(19-9-5-17(25)6-10-19)13-12-26-32(30,31)21-14-16(23)4-11-20(21)24/h2-11,14,26H,12-13H2,1H3,(H,27,29). The lowest BCUT2D eigenvalue weighted by atomic mass is 10.2. The van der Waals surface area contributed by atoms with Crippen molar-refractivity contribution in [3.05, 3.63) is 88.2 Å². The zero-order chi connectivity index (χ0) is 23.3. The number of carbonyl (C=O) groups excluding carboxylic acids is 1. The van der Waals surface area contributed by atoms with Gasteiger partial charge in [-0.05, 0) is 61.5 Å². The lowest BCUT2D eigenvalue weighted by molar-refractivity contribution is 0.257. The summed E-state index contributed by atoms with van der Waals surface area (Å²) in [6, 6.07) is 16.1. The van der Waals surface area contributed by atoms with Gasteiger partial charge >= 0.3 is 6.03 Å². The molecule has 0 aromatic heterocycles. The monoisotopic (exact) mass is 495 g/mol. The molecular weight excluding hydrogens is 476 g/mol. The Hall–Kier alpha value is -2.65. The summed E-state index contributed by atoms with van der Waals surface area (Å²) in [6.45, 7) is 1.78. The van der Waals surface area contributed by atoms with Gasteiger partial charge in [-0.15, -0.1) is 0 Å². The van der Waals surface area contributed by atoms with Crippen LogP contribution in [-0.4, -0.2) is 27.5 Å². The van der Waals surface area contributed by atoms with Crippen LogP contribution >= 0.6 is 23.2 Å². The van der Waals surface area contributed by atoms with Gasteiger partial charge in [-0.25, -0.2) is 22.3 Å². The Morgan fingerprint density at radius 3 is 2.31 bits per heavy atom. The number of amides is 2.